The molecule has 106 valence electrons. The Morgan fingerprint density at radius 1 is 1.26 bits per heavy atom. The average molecular weight is 268 g/mol. The van der Waals surface area contributed by atoms with Gasteiger partial charge in [-0.2, -0.15) is 0 Å². The van der Waals surface area contributed by atoms with Gasteiger partial charge < -0.3 is 19.1 Å². The summed E-state index contributed by atoms with van der Waals surface area (Å²) in [6, 6.07) is 3.69. The number of aromatic nitrogens is 1. The SMILES string of the molecule is COCCN(CCC(=O)OC)c1ccc(OC)cn1. The van der Waals surface area contributed by atoms with Gasteiger partial charge in [0.2, 0.25) is 0 Å². The van der Waals surface area contributed by atoms with Gasteiger partial charge in [0, 0.05) is 20.2 Å². The number of pyridine rings is 1. The van der Waals surface area contributed by atoms with Crippen LogP contribution >= 0.6 is 0 Å². The summed E-state index contributed by atoms with van der Waals surface area (Å²) in [5, 5.41) is 0. The van der Waals surface area contributed by atoms with E-state index in [1.54, 1.807) is 20.4 Å². The number of anilines is 1. The van der Waals surface area contributed by atoms with E-state index in [4.69, 9.17) is 9.47 Å². The fourth-order valence-electron chi connectivity index (χ4n) is 1.55. The summed E-state index contributed by atoms with van der Waals surface area (Å²) in [6.07, 6.45) is 1.96. The molecule has 0 N–H and O–H groups in total. The molecule has 1 heterocycles. The van der Waals surface area contributed by atoms with Crippen LogP contribution in [-0.2, 0) is 14.3 Å². The molecular formula is C13H20N2O4. The molecule has 1 aromatic rings. The molecule has 0 aliphatic rings. The van der Waals surface area contributed by atoms with Gasteiger partial charge in [0.05, 0.1) is 33.4 Å². The Kier molecular flexibility index (Phi) is 6.67. The molecule has 0 amide bonds. The van der Waals surface area contributed by atoms with Gasteiger partial charge in [-0.15, -0.1) is 0 Å². The van der Waals surface area contributed by atoms with Crippen molar-refractivity contribution in [1.82, 2.24) is 4.98 Å². The maximum Gasteiger partial charge on any atom is 0.307 e. The van der Waals surface area contributed by atoms with Crippen LogP contribution in [-0.4, -0.2) is 52.0 Å². The van der Waals surface area contributed by atoms with Crippen LogP contribution in [0.5, 0.6) is 5.75 Å². The first-order valence-electron chi connectivity index (χ1n) is 6.02. The van der Waals surface area contributed by atoms with Crippen molar-refractivity contribution in [1.29, 1.82) is 0 Å². The van der Waals surface area contributed by atoms with Gasteiger partial charge in [0.1, 0.15) is 11.6 Å². The highest BCUT2D eigenvalue weighted by Crippen LogP contribution is 2.15. The molecular weight excluding hydrogens is 248 g/mol. The van der Waals surface area contributed by atoms with Crippen LogP contribution in [0.2, 0.25) is 0 Å². The summed E-state index contributed by atoms with van der Waals surface area (Å²) < 4.78 is 14.8. The number of rotatable bonds is 8. The Morgan fingerprint density at radius 3 is 2.58 bits per heavy atom. The van der Waals surface area contributed by atoms with Crippen molar-refractivity contribution < 1.29 is 19.0 Å². The molecule has 6 nitrogen and oxygen atoms in total. The van der Waals surface area contributed by atoms with Gasteiger partial charge in [-0.3, -0.25) is 4.79 Å². The molecule has 0 saturated carbocycles. The van der Waals surface area contributed by atoms with E-state index in [9.17, 15) is 4.79 Å². The van der Waals surface area contributed by atoms with E-state index in [0.29, 0.717) is 31.9 Å². The zero-order chi connectivity index (χ0) is 14.1. The predicted molar refractivity (Wildman–Crippen MR) is 71.5 cm³/mol. The third-order valence-electron chi connectivity index (χ3n) is 2.66. The summed E-state index contributed by atoms with van der Waals surface area (Å²) >= 11 is 0. The van der Waals surface area contributed by atoms with Gasteiger partial charge in [-0.25, -0.2) is 4.98 Å². The van der Waals surface area contributed by atoms with Crippen LogP contribution in [0.15, 0.2) is 18.3 Å². The highest BCUT2D eigenvalue weighted by molar-refractivity contribution is 5.69. The van der Waals surface area contributed by atoms with Crippen LogP contribution in [0, 0.1) is 0 Å². The standard InChI is InChI=1S/C13H20N2O4/c1-17-9-8-15(7-6-13(16)19-3)12-5-4-11(18-2)10-14-12/h4-5,10H,6-9H2,1-3H3. The van der Waals surface area contributed by atoms with Crippen molar-refractivity contribution >= 4 is 11.8 Å². The second-order valence-electron chi connectivity index (χ2n) is 3.86. The lowest BCUT2D eigenvalue weighted by atomic mass is 10.3. The fourth-order valence-corrected chi connectivity index (χ4v) is 1.55. The topological polar surface area (TPSA) is 60.9 Å². The third kappa shape index (κ3) is 5.13. The predicted octanol–water partition coefficient (Wildman–Crippen LogP) is 1.11. The van der Waals surface area contributed by atoms with E-state index in [1.807, 2.05) is 17.0 Å². The van der Waals surface area contributed by atoms with E-state index in [1.165, 1.54) is 7.11 Å². The van der Waals surface area contributed by atoms with E-state index < -0.39 is 0 Å². The Morgan fingerprint density at radius 2 is 2.05 bits per heavy atom. The van der Waals surface area contributed by atoms with Gasteiger partial charge in [0.15, 0.2) is 0 Å². The molecule has 0 radical (unpaired) electrons. The number of nitrogens with zero attached hydrogens (tertiary/aromatic N) is 2. The summed E-state index contributed by atoms with van der Waals surface area (Å²) in [5.41, 5.74) is 0. The molecule has 1 rings (SSSR count). The lowest BCUT2D eigenvalue weighted by Crippen LogP contribution is -2.30. The van der Waals surface area contributed by atoms with Crippen LogP contribution < -0.4 is 9.64 Å². The molecule has 19 heavy (non-hydrogen) atoms. The van der Waals surface area contributed by atoms with Gasteiger partial charge in [-0.05, 0) is 12.1 Å². The van der Waals surface area contributed by atoms with Crippen molar-refractivity contribution in [2.45, 2.75) is 6.42 Å². The molecule has 0 aromatic carbocycles. The van der Waals surface area contributed by atoms with E-state index in [-0.39, 0.29) is 5.97 Å². The summed E-state index contributed by atoms with van der Waals surface area (Å²) in [5.74, 6) is 1.24. The lowest BCUT2D eigenvalue weighted by molar-refractivity contribution is -0.140. The van der Waals surface area contributed by atoms with Crippen molar-refractivity contribution in [3.8, 4) is 5.75 Å². The second kappa shape index (κ2) is 8.31. The van der Waals surface area contributed by atoms with Gasteiger partial charge in [0.25, 0.3) is 0 Å². The number of methoxy groups -OCH3 is 3. The Bertz CT molecular complexity index is 381. The second-order valence-corrected chi connectivity index (χ2v) is 3.86. The highest BCUT2D eigenvalue weighted by atomic mass is 16.5. The number of ether oxygens (including phenoxy) is 3. The molecule has 0 fully saturated rings. The number of carbonyl (C=O) groups is 1. The number of esters is 1. The van der Waals surface area contributed by atoms with Crippen molar-refractivity contribution in [3.05, 3.63) is 18.3 Å². The minimum Gasteiger partial charge on any atom is -0.495 e. The van der Waals surface area contributed by atoms with Crippen LogP contribution in [0.1, 0.15) is 6.42 Å². The monoisotopic (exact) mass is 268 g/mol. The Hall–Kier alpha value is -1.82. The van der Waals surface area contributed by atoms with Crippen LogP contribution in [0.4, 0.5) is 5.82 Å². The maximum atomic E-state index is 11.2. The smallest absolute Gasteiger partial charge is 0.307 e. The summed E-state index contributed by atoms with van der Waals surface area (Å²) in [7, 11) is 4.62. The quantitative estimate of drug-likeness (QED) is 0.658. The molecule has 0 saturated heterocycles. The summed E-state index contributed by atoms with van der Waals surface area (Å²) in [6.45, 7) is 1.76. The average Bonchev–Trinajstić information content (AvgIpc) is 2.47. The maximum absolute atomic E-state index is 11.2. The van der Waals surface area contributed by atoms with Crippen LogP contribution in [0.25, 0.3) is 0 Å². The van der Waals surface area contributed by atoms with E-state index in [0.717, 1.165) is 5.82 Å². The Labute approximate surface area is 113 Å². The minimum absolute atomic E-state index is 0.240. The fraction of sp³-hybridized carbons (Fsp3) is 0.538. The molecule has 6 heteroatoms. The van der Waals surface area contributed by atoms with Gasteiger partial charge in [-0.1, -0.05) is 0 Å². The van der Waals surface area contributed by atoms with Gasteiger partial charge >= 0.3 is 5.97 Å². The number of hydrogen-bond acceptors (Lipinski definition) is 6. The first-order valence-corrected chi connectivity index (χ1v) is 6.02. The normalized spacial score (nSPS) is 10.1. The highest BCUT2D eigenvalue weighted by Gasteiger charge is 2.10. The van der Waals surface area contributed by atoms with Crippen molar-refractivity contribution in [3.63, 3.8) is 0 Å². The minimum atomic E-state index is -0.240. The van der Waals surface area contributed by atoms with E-state index >= 15 is 0 Å². The molecule has 0 spiro atoms. The zero-order valence-corrected chi connectivity index (χ0v) is 11.6. The molecule has 0 atom stereocenters. The van der Waals surface area contributed by atoms with Crippen molar-refractivity contribution in [2.24, 2.45) is 0 Å². The first-order chi connectivity index (χ1) is 9.21. The largest absolute Gasteiger partial charge is 0.495 e. The summed E-state index contributed by atoms with van der Waals surface area (Å²) in [4.78, 5) is 17.5. The molecule has 0 bridgehead atoms. The molecule has 0 unspecified atom stereocenters. The molecule has 0 aliphatic carbocycles. The third-order valence-corrected chi connectivity index (χ3v) is 2.66. The molecule has 0 aliphatic heterocycles. The zero-order valence-electron chi connectivity index (χ0n) is 11.6. The Balaban J connectivity index is 2.67. The van der Waals surface area contributed by atoms with Crippen molar-refractivity contribution in [2.75, 3.05) is 45.9 Å². The molecule has 1 aromatic heterocycles. The number of carbonyl (C=O) groups excluding carboxylic acids is 1. The first kappa shape index (κ1) is 15.2. The number of hydrogen-bond donors (Lipinski definition) is 0. The van der Waals surface area contributed by atoms with E-state index in [2.05, 4.69) is 9.72 Å². The van der Waals surface area contributed by atoms with Crippen LogP contribution in [0.3, 0.4) is 0 Å². The lowest BCUT2D eigenvalue weighted by Gasteiger charge is -2.22.